The molecule has 0 saturated carbocycles. The number of urea groups is 1. The first-order valence-corrected chi connectivity index (χ1v) is 5.74. The lowest BCUT2D eigenvalue weighted by Crippen LogP contribution is -2.33. The molecule has 1 fully saturated rings. The van der Waals surface area contributed by atoms with Gasteiger partial charge in [0.05, 0.1) is 6.54 Å². The Bertz CT molecular complexity index is 444. The molecule has 0 bridgehead atoms. The number of benzene rings is 1. The molecule has 17 heavy (non-hydrogen) atoms. The highest BCUT2D eigenvalue weighted by atomic mass is 35.5. The number of carbonyl (C=O) groups excluding carboxylic acids is 2. The van der Waals surface area contributed by atoms with E-state index in [2.05, 4.69) is 0 Å². The van der Waals surface area contributed by atoms with Crippen LogP contribution in [0.4, 0.5) is 4.79 Å². The van der Waals surface area contributed by atoms with Crippen molar-refractivity contribution in [1.82, 2.24) is 9.80 Å². The largest absolute Gasteiger partial charge is 0.326 e. The minimum Gasteiger partial charge on any atom is -0.326 e. The van der Waals surface area contributed by atoms with Crippen LogP contribution in [0.1, 0.15) is 10.4 Å². The van der Waals surface area contributed by atoms with Crippen molar-refractivity contribution in [2.75, 3.05) is 26.7 Å². The second kappa shape index (κ2) is 4.75. The van der Waals surface area contributed by atoms with Crippen LogP contribution in [-0.2, 0) is 0 Å². The molecule has 1 saturated heterocycles. The highest BCUT2D eigenvalue weighted by molar-refractivity contribution is 6.30. The maximum atomic E-state index is 11.9. The van der Waals surface area contributed by atoms with Gasteiger partial charge in [0.15, 0.2) is 5.78 Å². The van der Waals surface area contributed by atoms with Gasteiger partial charge in [0.25, 0.3) is 0 Å². The van der Waals surface area contributed by atoms with E-state index in [1.165, 1.54) is 0 Å². The van der Waals surface area contributed by atoms with Crippen LogP contribution in [0.3, 0.4) is 0 Å². The summed E-state index contributed by atoms with van der Waals surface area (Å²) in [5.74, 6) is -0.0645. The minimum absolute atomic E-state index is 0.0645. The molecule has 0 aromatic heterocycles. The molecule has 1 aliphatic heterocycles. The molecule has 90 valence electrons. The fourth-order valence-electron chi connectivity index (χ4n) is 1.75. The van der Waals surface area contributed by atoms with Gasteiger partial charge in [-0.2, -0.15) is 0 Å². The average Bonchev–Trinajstić information content (AvgIpc) is 2.62. The van der Waals surface area contributed by atoms with Crippen molar-refractivity contribution in [2.24, 2.45) is 0 Å². The number of halogens is 1. The number of amides is 2. The van der Waals surface area contributed by atoms with Crippen LogP contribution in [0.25, 0.3) is 0 Å². The summed E-state index contributed by atoms with van der Waals surface area (Å²) in [6, 6.07) is 6.61. The van der Waals surface area contributed by atoms with Gasteiger partial charge in [0.1, 0.15) is 0 Å². The van der Waals surface area contributed by atoms with Gasteiger partial charge in [-0.3, -0.25) is 4.79 Å². The van der Waals surface area contributed by atoms with Crippen LogP contribution in [0.2, 0.25) is 5.02 Å². The smallest absolute Gasteiger partial charge is 0.320 e. The molecule has 1 aromatic carbocycles. The number of likely N-dealkylation sites (N-methyl/N-ethyl adjacent to an activating group) is 1. The summed E-state index contributed by atoms with van der Waals surface area (Å²) in [6.45, 7) is 1.41. The molecular formula is C12H13ClN2O2. The number of ketones is 1. The second-order valence-electron chi connectivity index (χ2n) is 4.06. The predicted octanol–water partition coefficient (Wildman–Crippen LogP) is 1.89. The Morgan fingerprint density at radius 3 is 2.47 bits per heavy atom. The molecule has 0 spiro atoms. The normalized spacial score (nSPS) is 15.5. The van der Waals surface area contributed by atoms with E-state index < -0.39 is 0 Å². The van der Waals surface area contributed by atoms with Crippen LogP contribution >= 0.6 is 11.6 Å². The van der Waals surface area contributed by atoms with Crippen LogP contribution in [-0.4, -0.2) is 48.3 Å². The number of carbonyl (C=O) groups is 2. The molecular weight excluding hydrogens is 240 g/mol. The predicted molar refractivity (Wildman–Crippen MR) is 65.4 cm³/mol. The maximum Gasteiger partial charge on any atom is 0.320 e. The lowest BCUT2D eigenvalue weighted by Gasteiger charge is -2.14. The Hall–Kier alpha value is -1.55. The van der Waals surface area contributed by atoms with E-state index in [0.29, 0.717) is 23.7 Å². The van der Waals surface area contributed by atoms with Gasteiger partial charge in [-0.25, -0.2) is 4.79 Å². The van der Waals surface area contributed by atoms with Crippen molar-refractivity contribution in [3.63, 3.8) is 0 Å². The molecule has 0 atom stereocenters. The number of hydrogen-bond acceptors (Lipinski definition) is 2. The van der Waals surface area contributed by atoms with E-state index in [-0.39, 0.29) is 18.4 Å². The summed E-state index contributed by atoms with van der Waals surface area (Å²) in [6.07, 6.45) is 0. The third-order valence-electron chi connectivity index (χ3n) is 2.80. The fraction of sp³-hybridized carbons (Fsp3) is 0.333. The van der Waals surface area contributed by atoms with E-state index in [1.807, 2.05) is 0 Å². The summed E-state index contributed by atoms with van der Waals surface area (Å²) in [5.41, 5.74) is 0.580. The van der Waals surface area contributed by atoms with E-state index in [0.717, 1.165) is 0 Å². The Labute approximate surface area is 105 Å². The van der Waals surface area contributed by atoms with Gasteiger partial charge in [0.2, 0.25) is 0 Å². The van der Waals surface area contributed by atoms with Crippen LogP contribution in [0.15, 0.2) is 24.3 Å². The second-order valence-corrected chi connectivity index (χ2v) is 4.49. The van der Waals surface area contributed by atoms with Gasteiger partial charge in [0, 0.05) is 30.7 Å². The molecule has 2 rings (SSSR count). The molecule has 1 aromatic rings. The van der Waals surface area contributed by atoms with Gasteiger partial charge < -0.3 is 9.80 Å². The lowest BCUT2D eigenvalue weighted by atomic mass is 10.1. The molecule has 5 heteroatoms. The first-order valence-electron chi connectivity index (χ1n) is 5.37. The van der Waals surface area contributed by atoms with Crippen LogP contribution in [0, 0.1) is 0 Å². The summed E-state index contributed by atoms with van der Waals surface area (Å²) >= 11 is 5.75. The average molecular weight is 253 g/mol. The molecule has 1 heterocycles. The first kappa shape index (κ1) is 11.9. The highest BCUT2D eigenvalue weighted by Gasteiger charge is 2.26. The topological polar surface area (TPSA) is 40.6 Å². The van der Waals surface area contributed by atoms with E-state index in [1.54, 1.807) is 41.1 Å². The highest BCUT2D eigenvalue weighted by Crippen LogP contribution is 2.12. The summed E-state index contributed by atoms with van der Waals surface area (Å²) in [5, 5.41) is 0.596. The third-order valence-corrected chi connectivity index (χ3v) is 3.06. The quantitative estimate of drug-likeness (QED) is 0.771. The zero-order chi connectivity index (χ0) is 12.4. The van der Waals surface area contributed by atoms with E-state index in [4.69, 9.17) is 11.6 Å². The Balaban J connectivity index is 2.02. The number of hydrogen-bond donors (Lipinski definition) is 0. The number of nitrogens with zero attached hydrogens (tertiary/aromatic N) is 2. The zero-order valence-corrected chi connectivity index (χ0v) is 10.3. The van der Waals surface area contributed by atoms with Gasteiger partial charge in [-0.1, -0.05) is 11.6 Å². The number of Topliss-reactive ketones (excluding diaryl/α,β-unsaturated/α-hetero) is 1. The van der Waals surface area contributed by atoms with Gasteiger partial charge in [-0.05, 0) is 24.3 Å². The van der Waals surface area contributed by atoms with E-state index in [9.17, 15) is 9.59 Å². The van der Waals surface area contributed by atoms with E-state index >= 15 is 0 Å². The van der Waals surface area contributed by atoms with Crippen molar-refractivity contribution < 1.29 is 9.59 Å². The molecule has 0 radical (unpaired) electrons. The lowest BCUT2D eigenvalue weighted by molar-refractivity contribution is 0.0952. The molecule has 0 unspecified atom stereocenters. The maximum absolute atomic E-state index is 11.9. The van der Waals surface area contributed by atoms with Crippen molar-refractivity contribution in [2.45, 2.75) is 0 Å². The van der Waals surface area contributed by atoms with Crippen molar-refractivity contribution >= 4 is 23.4 Å². The monoisotopic (exact) mass is 252 g/mol. The van der Waals surface area contributed by atoms with Gasteiger partial charge >= 0.3 is 6.03 Å². The summed E-state index contributed by atoms with van der Waals surface area (Å²) in [7, 11) is 1.73. The molecule has 4 nitrogen and oxygen atoms in total. The van der Waals surface area contributed by atoms with Crippen molar-refractivity contribution in [3.8, 4) is 0 Å². The Morgan fingerprint density at radius 1 is 1.29 bits per heavy atom. The van der Waals surface area contributed by atoms with Gasteiger partial charge in [-0.15, -0.1) is 0 Å². The fourth-order valence-corrected chi connectivity index (χ4v) is 1.88. The van der Waals surface area contributed by atoms with Crippen LogP contribution < -0.4 is 0 Å². The summed E-state index contributed by atoms with van der Waals surface area (Å²) < 4.78 is 0. The molecule has 0 aliphatic carbocycles. The first-order chi connectivity index (χ1) is 8.08. The SMILES string of the molecule is CN1CCN(CC(=O)c2ccc(Cl)cc2)C1=O. The summed E-state index contributed by atoms with van der Waals surface area (Å²) in [4.78, 5) is 26.7. The minimum atomic E-state index is -0.0905. The van der Waals surface area contributed by atoms with Crippen molar-refractivity contribution in [3.05, 3.63) is 34.9 Å². The number of rotatable bonds is 3. The molecule has 0 N–H and O–H groups in total. The van der Waals surface area contributed by atoms with Crippen LogP contribution in [0.5, 0.6) is 0 Å². The molecule has 1 aliphatic rings. The standard InChI is InChI=1S/C12H13ClN2O2/c1-14-6-7-15(12(14)17)8-11(16)9-2-4-10(13)5-3-9/h2-5H,6-8H2,1H3. The Morgan fingerprint density at radius 2 is 1.94 bits per heavy atom. The van der Waals surface area contributed by atoms with Crippen molar-refractivity contribution in [1.29, 1.82) is 0 Å². The molecule has 2 amide bonds. The Kier molecular flexibility index (Phi) is 3.33. The zero-order valence-electron chi connectivity index (χ0n) is 9.52. The third kappa shape index (κ3) is 2.58.